The smallest absolute Gasteiger partial charge is 0.0750 e. The summed E-state index contributed by atoms with van der Waals surface area (Å²) in [7, 11) is 0. The summed E-state index contributed by atoms with van der Waals surface area (Å²) < 4.78 is 5.53. The fourth-order valence-corrected chi connectivity index (χ4v) is 2.19. The van der Waals surface area contributed by atoms with E-state index in [9.17, 15) is 0 Å². The Morgan fingerprint density at radius 2 is 2.11 bits per heavy atom. The molecule has 0 radical (unpaired) electrons. The van der Waals surface area contributed by atoms with Gasteiger partial charge >= 0.3 is 0 Å². The maximum atomic E-state index is 5.68. The van der Waals surface area contributed by atoms with E-state index in [2.05, 4.69) is 35.5 Å². The summed E-state index contributed by atoms with van der Waals surface area (Å²) in [5.41, 5.74) is 5.00. The molecule has 1 aromatic heterocycles. The lowest BCUT2D eigenvalue weighted by molar-refractivity contribution is 0.124. The highest BCUT2D eigenvalue weighted by Crippen LogP contribution is 2.24. The van der Waals surface area contributed by atoms with Crippen LogP contribution in [0.5, 0.6) is 0 Å². The van der Waals surface area contributed by atoms with Crippen LogP contribution in [0, 0.1) is 0 Å². The van der Waals surface area contributed by atoms with Gasteiger partial charge in [-0.3, -0.25) is 16.3 Å². The first-order valence-electron chi connectivity index (χ1n) is 6.74. The molecule has 0 aliphatic heterocycles. The van der Waals surface area contributed by atoms with Crippen LogP contribution in [0.15, 0.2) is 36.5 Å². The highest BCUT2D eigenvalue weighted by Gasteiger charge is 2.13. The lowest BCUT2D eigenvalue weighted by atomic mass is 10.0. The molecule has 1 unspecified atom stereocenters. The third-order valence-electron chi connectivity index (χ3n) is 3.14. The number of para-hydroxylation sites is 1. The number of nitrogens with two attached hydrogens (primary N) is 1. The molecule has 1 aromatic carbocycles. The lowest BCUT2D eigenvalue weighted by Gasteiger charge is -2.17. The molecule has 0 amide bonds. The molecule has 0 aliphatic rings. The van der Waals surface area contributed by atoms with Crippen LogP contribution in [-0.4, -0.2) is 18.2 Å². The van der Waals surface area contributed by atoms with Gasteiger partial charge in [0.1, 0.15) is 0 Å². The maximum Gasteiger partial charge on any atom is 0.0750 e. The Labute approximate surface area is 113 Å². The Balaban J connectivity index is 2.16. The highest BCUT2D eigenvalue weighted by molar-refractivity contribution is 5.81. The monoisotopic (exact) mass is 259 g/mol. The second-order valence-electron chi connectivity index (χ2n) is 4.54. The van der Waals surface area contributed by atoms with E-state index in [0.29, 0.717) is 6.61 Å². The number of nitrogens with zero attached hydrogens (tertiary/aromatic N) is 1. The van der Waals surface area contributed by atoms with Gasteiger partial charge in [0.05, 0.1) is 11.6 Å². The number of hydrazine groups is 1. The summed E-state index contributed by atoms with van der Waals surface area (Å²) in [5, 5.41) is 1.13. The van der Waals surface area contributed by atoms with Gasteiger partial charge in [-0.15, -0.1) is 0 Å². The third kappa shape index (κ3) is 3.50. The van der Waals surface area contributed by atoms with Gasteiger partial charge in [0.2, 0.25) is 0 Å². The molecule has 2 aromatic rings. The van der Waals surface area contributed by atoms with Crippen LogP contribution in [0.1, 0.15) is 31.4 Å². The number of benzene rings is 1. The molecule has 3 N–H and O–H groups in total. The van der Waals surface area contributed by atoms with Crippen molar-refractivity contribution in [2.75, 3.05) is 13.2 Å². The normalized spacial score (nSPS) is 12.7. The van der Waals surface area contributed by atoms with E-state index < -0.39 is 0 Å². The number of aromatic nitrogens is 1. The summed E-state index contributed by atoms with van der Waals surface area (Å²) in [4.78, 5) is 4.46. The van der Waals surface area contributed by atoms with Gasteiger partial charge in [0.15, 0.2) is 0 Å². The second kappa shape index (κ2) is 7.19. The van der Waals surface area contributed by atoms with Crippen molar-refractivity contribution in [1.29, 1.82) is 0 Å². The Morgan fingerprint density at radius 1 is 1.26 bits per heavy atom. The van der Waals surface area contributed by atoms with Crippen LogP contribution in [0.3, 0.4) is 0 Å². The van der Waals surface area contributed by atoms with Gasteiger partial charge in [0.25, 0.3) is 0 Å². The van der Waals surface area contributed by atoms with Gasteiger partial charge in [-0.1, -0.05) is 31.2 Å². The SMILES string of the molecule is CCCOCCC(NN)c1cccc2cccnc12. The predicted molar refractivity (Wildman–Crippen MR) is 77.5 cm³/mol. The Bertz CT molecular complexity index is 510. The highest BCUT2D eigenvalue weighted by atomic mass is 16.5. The quantitative estimate of drug-likeness (QED) is 0.456. The first-order chi connectivity index (χ1) is 9.36. The molecule has 1 atom stereocenters. The van der Waals surface area contributed by atoms with Crippen LogP contribution in [0.2, 0.25) is 0 Å². The van der Waals surface area contributed by atoms with Gasteiger partial charge < -0.3 is 4.74 Å². The van der Waals surface area contributed by atoms with Crippen LogP contribution >= 0.6 is 0 Å². The third-order valence-corrected chi connectivity index (χ3v) is 3.14. The Hall–Kier alpha value is -1.49. The molecule has 0 saturated carbocycles. The van der Waals surface area contributed by atoms with Crippen molar-refractivity contribution in [3.8, 4) is 0 Å². The molecule has 0 aliphatic carbocycles. The number of fused-ring (bicyclic) bond motifs is 1. The van der Waals surface area contributed by atoms with E-state index in [1.807, 2.05) is 18.3 Å². The number of nitrogens with one attached hydrogen (secondary N) is 1. The standard InChI is InChI=1S/C15H21N3O/c1-2-10-19-11-8-14(18-16)13-7-3-5-12-6-4-9-17-15(12)13/h3-7,9,14,18H,2,8,10-11,16H2,1H3. The molecule has 0 fully saturated rings. The average Bonchev–Trinajstić information content (AvgIpc) is 2.47. The molecule has 4 nitrogen and oxygen atoms in total. The van der Waals surface area contributed by atoms with Crippen molar-refractivity contribution in [2.45, 2.75) is 25.8 Å². The van der Waals surface area contributed by atoms with Crippen LogP contribution in [0.25, 0.3) is 10.9 Å². The molecule has 0 saturated heterocycles. The zero-order valence-corrected chi connectivity index (χ0v) is 11.3. The largest absolute Gasteiger partial charge is 0.381 e. The number of ether oxygens (including phenoxy) is 1. The second-order valence-corrected chi connectivity index (χ2v) is 4.54. The van der Waals surface area contributed by atoms with Gasteiger partial charge in [-0.25, -0.2) is 0 Å². The zero-order chi connectivity index (χ0) is 13.5. The van der Waals surface area contributed by atoms with Gasteiger partial charge in [-0.2, -0.15) is 0 Å². The fraction of sp³-hybridized carbons (Fsp3) is 0.400. The molecule has 19 heavy (non-hydrogen) atoms. The molecular weight excluding hydrogens is 238 g/mol. The van der Waals surface area contributed by atoms with E-state index in [1.54, 1.807) is 0 Å². The molecule has 4 heteroatoms. The minimum absolute atomic E-state index is 0.0652. The van der Waals surface area contributed by atoms with Crippen LogP contribution in [0.4, 0.5) is 0 Å². The maximum absolute atomic E-state index is 5.68. The van der Waals surface area contributed by atoms with Gasteiger partial charge in [-0.05, 0) is 24.5 Å². The van der Waals surface area contributed by atoms with E-state index in [-0.39, 0.29) is 6.04 Å². The molecule has 1 heterocycles. The average molecular weight is 259 g/mol. The molecule has 102 valence electrons. The number of rotatable bonds is 7. The van der Waals surface area contributed by atoms with Crippen molar-refractivity contribution >= 4 is 10.9 Å². The van der Waals surface area contributed by atoms with Crippen LogP contribution < -0.4 is 11.3 Å². The first kappa shape index (κ1) is 13.9. The van der Waals surface area contributed by atoms with Crippen molar-refractivity contribution in [3.05, 3.63) is 42.1 Å². The summed E-state index contributed by atoms with van der Waals surface area (Å²) in [6.07, 6.45) is 3.69. The minimum Gasteiger partial charge on any atom is -0.381 e. The van der Waals surface area contributed by atoms with E-state index >= 15 is 0 Å². The Kier molecular flexibility index (Phi) is 5.27. The number of hydrogen-bond donors (Lipinski definition) is 2. The summed E-state index contributed by atoms with van der Waals surface area (Å²) in [6.45, 7) is 3.60. The molecular formula is C15H21N3O. The lowest BCUT2D eigenvalue weighted by Crippen LogP contribution is -2.29. The molecule has 2 rings (SSSR count). The molecule has 0 spiro atoms. The predicted octanol–water partition coefficient (Wildman–Crippen LogP) is 2.56. The van der Waals surface area contributed by atoms with Crippen molar-refractivity contribution in [3.63, 3.8) is 0 Å². The molecule has 0 bridgehead atoms. The topological polar surface area (TPSA) is 60.2 Å². The van der Waals surface area contributed by atoms with E-state index in [1.165, 1.54) is 0 Å². The first-order valence-corrected chi connectivity index (χ1v) is 6.74. The van der Waals surface area contributed by atoms with Crippen molar-refractivity contribution in [2.24, 2.45) is 5.84 Å². The fourth-order valence-electron chi connectivity index (χ4n) is 2.19. The van der Waals surface area contributed by atoms with Gasteiger partial charge in [0, 0.05) is 24.8 Å². The van der Waals surface area contributed by atoms with Crippen molar-refractivity contribution < 1.29 is 4.74 Å². The zero-order valence-electron chi connectivity index (χ0n) is 11.3. The summed E-state index contributed by atoms with van der Waals surface area (Å²) in [5.74, 6) is 5.68. The van der Waals surface area contributed by atoms with E-state index in [4.69, 9.17) is 10.6 Å². The summed E-state index contributed by atoms with van der Waals surface area (Å²) in [6, 6.07) is 10.2. The Morgan fingerprint density at radius 3 is 2.89 bits per heavy atom. The van der Waals surface area contributed by atoms with E-state index in [0.717, 1.165) is 35.9 Å². The summed E-state index contributed by atoms with van der Waals surface area (Å²) >= 11 is 0. The number of pyridine rings is 1. The van der Waals surface area contributed by atoms with Crippen molar-refractivity contribution in [1.82, 2.24) is 10.4 Å². The minimum atomic E-state index is 0.0652. The van der Waals surface area contributed by atoms with Crippen LogP contribution in [-0.2, 0) is 4.74 Å². The number of hydrogen-bond acceptors (Lipinski definition) is 4.